The van der Waals surface area contributed by atoms with E-state index in [2.05, 4.69) is 10.1 Å². The van der Waals surface area contributed by atoms with Crippen molar-refractivity contribution in [3.63, 3.8) is 0 Å². The van der Waals surface area contributed by atoms with Gasteiger partial charge in [0.15, 0.2) is 5.75 Å². The van der Waals surface area contributed by atoms with Gasteiger partial charge in [0, 0.05) is 7.05 Å². The molecule has 4 nitrogen and oxygen atoms in total. The first-order chi connectivity index (χ1) is 7.81. The van der Waals surface area contributed by atoms with Crippen LogP contribution in [0.15, 0.2) is 36.7 Å². The summed E-state index contributed by atoms with van der Waals surface area (Å²) in [4.78, 5) is 4.38. The molecule has 1 aromatic carbocycles. The van der Waals surface area contributed by atoms with E-state index in [0.717, 1.165) is 10.2 Å². The van der Waals surface area contributed by atoms with Gasteiger partial charge >= 0.3 is 0 Å². The molecule has 2 aromatic heterocycles. The molecule has 2 heterocycles. The van der Waals surface area contributed by atoms with E-state index >= 15 is 0 Å². The van der Waals surface area contributed by atoms with Crippen LogP contribution < -0.4 is 4.74 Å². The SMILES string of the molecule is Cn1cc(Oc2nc3ccccc3s2)cn1. The molecule has 0 atom stereocenters. The number of aromatic nitrogens is 3. The molecule has 0 saturated carbocycles. The third kappa shape index (κ3) is 1.65. The van der Waals surface area contributed by atoms with Gasteiger partial charge in [0.1, 0.15) is 0 Å². The van der Waals surface area contributed by atoms with Crippen LogP contribution in [0.4, 0.5) is 0 Å². The lowest BCUT2D eigenvalue weighted by atomic mass is 10.3. The van der Waals surface area contributed by atoms with E-state index in [1.807, 2.05) is 37.5 Å². The first kappa shape index (κ1) is 9.35. The molecule has 0 aliphatic heterocycles. The minimum atomic E-state index is 0.647. The number of rotatable bonds is 2. The van der Waals surface area contributed by atoms with Gasteiger partial charge in [-0.05, 0) is 12.1 Å². The van der Waals surface area contributed by atoms with E-state index in [9.17, 15) is 0 Å². The van der Waals surface area contributed by atoms with Gasteiger partial charge < -0.3 is 4.74 Å². The number of benzene rings is 1. The minimum absolute atomic E-state index is 0.647. The summed E-state index contributed by atoms with van der Waals surface area (Å²) in [6, 6.07) is 7.97. The van der Waals surface area contributed by atoms with Crippen molar-refractivity contribution in [1.29, 1.82) is 0 Å². The van der Waals surface area contributed by atoms with Crippen LogP contribution in [-0.2, 0) is 7.05 Å². The second-order valence-electron chi connectivity index (χ2n) is 3.40. The van der Waals surface area contributed by atoms with Gasteiger partial charge in [-0.1, -0.05) is 23.5 Å². The summed E-state index contributed by atoms with van der Waals surface area (Å²) in [7, 11) is 1.85. The summed E-state index contributed by atoms with van der Waals surface area (Å²) >= 11 is 1.53. The van der Waals surface area contributed by atoms with Crippen LogP contribution >= 0.6 is 11.3 Å². The zero-order valence-corrected chi connectivity index (χ0v) is 9.44. The number of hydrogen-bond acceptors (Lipinski definition) is 4. The van der Waals surface area contributed by atoms with Gasteiger partial charge in [-0.3, -0.25) is 4.68 Å². The molecule has 0 spiro atoms. The van der Waals surface area contributed by atoms with E-state index in [1.165, 1.54) is 11.3 Å². The Morgan fingerprint density at radius 1 is 1.31 bits per heavy atom. The molecular formula is C11H9N3OS. The van der Waals surface area contributed by atoms with Crippen LogP contribution in [0.2, 0.25) is 0 Å². The van der Waals surface area contributed by atoms with Crippen LogP contribution in [0.5, 0.6) is 10.9 Å². The molecule has 0 bridgehead atoms. The Morgan fingerprint density at radius 2 is 2.19 bits per heavy atom. The Bertz CT molecular complexity index is 596. The maximum absolute atomic E-state index is 5.61. The minimum Gasteiger partial charge on any atom is -0.428 e. The number of ether oxygens (including phenoxy) is 1. The van der Waals surface area contributed by atoms with Gasteiger partial charge in [0.2, 0.25) is 0 Å². The van der Waals surface area contributed by atoms with Crippen molar-refractivity contribution < 1.29 is 4.74 Å². The molecule has 0 amide bonds. The molecule has 0 radical (unpaired) electrons. The summed E-state index contributed by atoms with van der Waals surface area (Å²) in [5.41, 5.74) is 0.964. The van der Waals surface area contributed by atoms with E-state index in [1.54, 1.807) is 10.9 Å². The first-order valence-corrected chi connectivity index (χ1v) is 5.65. The normalized spacial score (nSPS) is 10.8. The van der Waals surface area contributed by atoms with E-state index in [-0.39, 0.29) is 0 Å². The molecule has 0 N–H and O–H groups in total. The lowest BCUT2D eigenvalue weighted by Crippen LogP contribution is -1.84. The standard InChI is InChI=1S/C11H9N3OS/c1-14-7-8(6-12-14)15-11-13-9-4-2-3-5-10(9)16-11/h2-7H,1H3. The fourth-order valence-electron chi connectivity index (χ4n) is 1.45. The number of aryl methyl sites for hydroxylation is 1. The lowest BCUT2D eigenvalue weighted by molar-refractivity contribution is 0.479. The topological polar surface area (TPSA) is 39.9 Å². The van der Waals surface area contributed by atoms with Gasteiger partial charge in [0.25, 0.3) is 5.19 Å². The van der Waals surface area contributed by atoms with Crippen molar-refractivity contribution >= 4 is 21.6 Å². The van der Waals surface area contributed by atoms with Crippen molar-refractivity contribution in [2.45, 2.75) is 0 Å². The molecule has 80 valence electrons. The Morgan fingerprint density at radius 3 is 2.94 bits per heavy atom. The molecule has 5 heteroatoms. The fraction of sp³-hybridized carbons (Fsp3) is 0.0909. The Hall–Kier alpha value is -1.88. The number of hydrogen-bond donors (Lipinski definition) is 0. The maximum atomic E-state index is 5.61. The zero-order valence-electron chi connectivity index (χ0n) is 8.62. The number of thiazole rings is 1. The second-order valence-corrected chi connectivity index (χ2v) is 4.39. The lowest BCUT2D eigenvalue weighted by Gasteiger charge is -1.94. The summed E-state index contributed by atoms with van der Waals surface area (Å²) in [5, 5.41) is 4.68. The summed E-state index contributed by atoms with van der Waals surface area (Å²) in [5.74, 6) is 0.710. The van der Waals surface area contributed by atoms with Crippen molar-refractivity contribution in [2.75, 3.05) is 0 Å². The van der Waals surface area contributed by atoms with Gasteiger partial charge in [-0.15, -0.1) is 0 Å². The molecule has 0 saturated heterocycles. The van der Waals surface area contributed by atoms with E-state index in [4.69, 9.17) is 4.74 Å². The van der Waals surface area contributed by atoms with Gasteiger partial charge in [0.05, 0.1) is 22.6 Å². The van der Waals surface area contributed by atoms with Crippen LogP contribution in [-0.4, -0.2) is 14.8 Å². The monoisotopic (exact) mass is 231 g/mol. The predicted molar refractivity (Wildman–Crippen MR) is 62.9 cm³/mol. The third-order valence-electron chi connectivity index (χ3n) is 2.16. The average molecular weight is 231 g/mol. The fourth-order valence-corrected chi connectivity index (χ4v) is 2.28. The van der Waals surface area contributed by atoms with Crippen molar-refractivity contribution in [3.8, 4) is 10.9 Å². The Kier molecular flexibility index (Phi) is 2.11. The van der Waals surface area contributed by atoms with Gasteiger partial charge in [-0.25, -0.2) is 4.98 Å². The highest BCUT2D eigenvalue weighted by Crippen LogP contribution is 2.30. The second kappa shape index (κ2) is 3.61. The number of nitrogens with zero attached hydrogens (tertiary/aromatic N) is 3. The molecule has 16 heavy (non-hydrogen) atoms. The highest BCUT2D eigenvalue weighted by atomic mass is 32.1. The smallest absolute Gasteiger partial charge is 0.279 e. The van der Waals surface area contributed by atoms with Crippen molar-refractivity contribution in [3.05, 3.63) is 36.7 Å². The van der Waals surface area contributed by atoms with Crippen LogP contribution in [0.3, 0.4) is 0 Å². The average Bonchev–Trinajstić information content (AvgIpc) is 2.84. The van der Waals surface area contributed by atoms with E-state index in [0.29, 0.717) is 10.9 Å². The Balaban J connectivity index is 1.95. The van der Waals surface area contributed by atoms with Crippen LogP contribution in [0.25, 0.3) is 10.2 Å². The predicted octanol–water partition coefficient (Wildman–Crippen LogP) is 2.82. The highest BCUT2D eigenvalue weighted by Gasteiger charge is 2.05. The van der Waals surface area contributed by atoms with E-state index < -0.39 is 0 Å². The molecule has 0 fully saturated rings. The molecule has 0 aliphatic carbocycles. The quantitative estimate of drug-likeness (QED) is 0.681. The largest absolute Gasteiger partial charge is 0.428 e. The van der Waals surface area contributed by atoms with Crippen LogP contribution in [0, 0.1) is 0 Å². The summed E-state index contributed by atoms with van der Waals surface area (Å²) in [6.45, 7) is 0. The van der Waals surface area contributed by atoms with Gasteiger partial charge in [-0.2, -0.15) is 5.10 Å². The molecule has 0 aliphatic rings. The summed E-state index contributed by atoms with van der Waals surface area (Å²) < 4.78 is 8.43. The maximum Gasteiger partial charge on any atom is 0.279 e. The summed E-state index contributed by atoms with van der Waals surface area (Å²) in [6.07, 6.45) is 3.48. The highest BCUT2D eigenvalue weighted by molar-refractivity contribution is 7.20. The molecule has 0 unspecified atom stereocenters. The van der Waals surface area contributed by atoms with Crippen molar-refractivity contribution in [1.82, 2.24) is 14.8 Å². The number of fused-ring (bicyclic) bond motifs is 1. The molecular weight excluding hydrogens is 222 g/mol. The van der Waals surface area contributed by atoms with Crippen LogP contribution in [0.1, 0.15) is 0 Å². The first-order valence-electron chi connectivity index (χ1n) is 4.83. The molecule has 3 aromatic rings. The van der Waals surface area contributed by atoms with Crippen molar-refractivity contribution in [2.24, 2.45) is 7.05 Å². The third-order valence-corrected chi connectivity index (χ3v) is 3.07. The zero-order chi connectivity index (χ0) is 11.0. The Labute approximate surface area is 96.1 Å². The molecule has 3 rings (SSSR count). The number of para-hydroxylation sites is 1.